The summed E-state index contributed by atoms with van der Waals surface area (Å²) in [4.78, 5) is 9.00. The number of rotatable bonds is 13. The van der Waals surface area contributed by atoms with Gasteiger partial charge in [0.15, 0.2) is 0 Å². The van der Waals surface area contributed by atoms with Gasteiger partial charge in [0.2, 0.25) is 0 Å². The van der Waals surface area contributed by atoms with Gasteiger partial charge in [0.05, 0.1) is 12.2 Å². The maximum atomic E-state index is 9.43. The second kappa shape index (κ2) is 14.5. The number of ether oxygens (including phenoxy) is 1. The molecule has 0 aromatic heterocycles. The lowest BCUT2D eigenvalue weighted by Gasteiger charge is -2.03. The minimum absolute atomic E-state index is 0.385. The van der Waals surface area contributed by atoms with E-state index in [9.17, 15) is 5.11 Å². The fraction of sp³-hybridized carbons (Fsp3) is 0.696. The van der Waals surface area contributed by atoms with Crippen molar-refractivity contribution in [2.24, 2.45) is 0 Å². The molecule has 2 unspecified atom stereocenters. The first-order chi connectivity index (χ1) is 13.0. The van der Waals surface area contributed by atoms with Crippen molar-refractivity contribution >= 4 is 5.97 Å². The number of benzene rings is 1. The van der Waals surface area contributed by atoms with Crippen LogP contribution in [0.3, 0.4) is 0 Å². The van der Waals surface area contributed by atoms with E-state index in [1.165, 1.54) is 76.2 Å². The molecular weight excluding hydrogens is 340 g/mol. The smallest absolute Gasteiger partial charge is 0.300 e. The Kier molecular flexibility index (Phi) is 12.6. The number of aryl methyl sites for hydroxylation is 1. The largest absolute Gasteiger partial charge is 0.508 e. The van der Waals surface area contributed by atoms with E-state index in [0.29, 0.717) is 18.0 Å². The summed E-state index contributed by atoms with van der Waals surface area (Å²) >= 11 is 0. The third-order valence-electron chi connectivity index (χ3n) is 4.89. The molecule has 2 atom stereocenters. The standard InChI is InChI=1S/C21H34O2.C2H4O2/c1-2-3-4-9-15-20-21(23-20)16-10-7-5-6-8-12-18-13-11-14-19(22)17-18;1-2(3)4/h11,13-14,17,20-22H,2-10,12,15-16H2,1H3;1H3,(H,3,4). The predicted molar refractivity (Wildman–Crippen MR) is 110 cm³/mol. The number of carboxylic acid groups (broad SMARTS) is 1. The summed E-state index contributed by atoms with van der Waals surface area (Å²) in [6, 6.07) is 7.65. The lowest BCUT2D eigenvalue weighted by molar-refractivity contribution is -0.134. The second-order valence-corrected chi connectivity index (χ2v) is 7.56. The Balaban J connectivity index is 0.000000828. The number of hydrogen-bond donors (Lipinski definition) is 2. The average molecular weight is 379 g/mol. The summed E-state index contributed by atoms with van der Waals surface area (Å²) in [6.07, 6.45) is 16.7. The van der Waals surface area contributed by atoms with Crippen LogP contribution in [-0.2, 0) is 16.0 Å². The van der Waals surface area contributed by atoms with Crippen LogP contribution in [0.1, 0.15) is 90.0 Å². The molecular formula is C23H38O4. The van der Waals surface area contributed by atoms with Gasteiger partial charge in [0.1, 0.15) is 5.75 Å². The molecule has 154 valence electrons. The third-order valence-corrected chi connectivity index (χ3v) is 4.89. The molecule has 2 N–H and O–H groups in total. The Morgan fingerprint density at radius 1 is 0.963 bits per heavy atom. The van der Waals surface area contributed by atoms with Crippen LogP contribution in [0.25, 0.3) is 0 Å². The summed E-state index contributed by atoms with van der Waals surface area (Å²) in [7, 11) is 0. The van der Waals surface area contributed by atoms with Gasteiger partial charge in [-0.1, -0.05) is 70.4 Å². The van der Waals surface area contributed by atoms with E-state index >= 15 is 0 Å². The Hall–Kier alpha value is -1.55. The highest BCUT2D eigenvalue weighted by Crippen LogP contribution is 2.31. The first kappa shape index (κ1) is 23.5. The van der Waals surface area contributed by atoms with Crippen LogP contribution in [-0.4, -0.2) is 28.4 Å². The van der Waals surface area contributed by atoms with E-state index in [0.717, 1.165) is 13.3 Å². The van der Waals surface area contributed by atoms with Crippen LogP contribution >= 0.6 is 0 Å². The molecule has 1 aliphatic heterocycles. The minimum Gasteiger partial charge on any atom is -0.508 e. The number of epoxide rings is 1. The van der Waals surface area contributed by atoms with Gasteiger partial charge in [-0.15, -0.1) is 0 Å². The van der Waals surface area contributed by atoms with Gasteiger partial charge in [-0.3, -0.25) is 4.79 Å². The van der Waals surface area contributed by atoms with E-state index in [1.807, 2.05) is 12.1 Å². The third kappa shape index (κ3) is 13.3. The van der Waals surface area contributed by atoms with Gasteiger partial charge >= 0.3 is 0 Å². The Morgan fingerprint density at radius 3 is 2.11 bits per heavy atom. The monoisotopic (exact) mass is 378 g/mol. The summed E-state index contributed by atoms with van der Waals surface area (Å²) in [5.41, 5.74) is 1.25. The summed E-state index contributed by atoms with van der Waals surface area (Å²) in [5.74, 6) is -0.448. The second-order valence-electron chi connectivity index (χ2n) is 7.56. The van der Waals surface area contributed by atoms with Crippen molar-refractivity contribution in [3.05, 3.63) is 29.8 Å². The molecule has 1 aromatic rings. The van der Waals surface area contributed by atoms with Crippen LogP contribution in [0.4, 0.5) is 0 Å². The van der Waals surface area contributed by atoms with Crippen LogP contribution in [0, 0.1) is 0 Å². The highest BCUT2D eigenvalue weighted by Gasteiger charge is 2.36. The zero-order valence-corrected chi connectivity index (χ0v) is 17.2. The molecule has 0 bridgehead atoms. The van der Waals surface area contributed by atoms with Crippen LogP contribution in [0.5, 0.6) is 5.75 Å². The molecule has 1 saturated heterocycles. The highest BCUT2D eigenvalue weighted by molar-refractivity contribution is 5.62. The van der Waals surface area contributed by atoms with Crippen molar-refractivity contribution in [3.63, 3.8) is 0 Å². The first-order valence-electron chi connectivity index (χ1n) is 10.7. The number of aliphatic carboxylic acids is 1. The number of hydrogen-bond acceptors (Lipinski definition) is 3. The molecule has 0 radical (unpaired) electrons. The van der Waals surface area contributed by atoms with Crippen LogP contribution in [0.2, 0.25) is 0 Å². The Morgan fingerprint density at radius 2 is 1.52 bits per heavy atom. The van der Waals surface area contributed by atoms with E-state index in [2.05, 4.69) is 13.0 Å². The Labute approximate surface area is 164 Å². The number of phenols is 1. The van der Waals surface area contributed by atoms with Crippen LogP contribution in [0.15, 0.2) is 24.3 Å². The Bertz CT molecular complexity index is 511. The van der Waals surface area contributed by atoms with Crippen molar-refractivity contribution in [3.8, 4) is 5.75 Å². The molecule has 1 fully saturated rings. The number of aromatic hydroxyl groups is 1. The fourth-order valence-corrected chi connectivity index (χ4v) is 3.38. The highest BCUT2D eigenvalue weighted by atomic mass is 16.6. The molecule has 27 heavy (non-hydrogen) atoms. The number of unbranched alkanes of at least 4 members (excludes halogenated alkanes) is 7. The van der Waals surface area contributed by atoms with Gasteiger partial charge in [-0.05, 0) is 43.4 Å². The van der Waals surface area contributed by atoms with Crippen molar-refractivity contribution in [1.82, 2.24) is 0 Å². The molecule has 0 saturated carbocycles. The van der Waals surface area contributed by atoms with Crippen molar-refractivity contribution in [2.45, 2.75) is 103 Å². The van der Waals surface area contributed by atoms with Gasteiger partial charge in [-0.25, -0.2) is 0 Å². The SMILES string of the molecule is CC(=O)O.CCCCCCC1OC1CCCCCCCc1cccc(O)c1. The predicted octanol–water partition coefficient (Wildman–Crippen LogP) is 6.10. The van der Waals surface area contributed by atoms with Crippen LogP contribution < -0.4 is 0 Å². The summed E-state index contributed by atoms with van der Waals surface area (Å²) in [5, 5.41) is 16.9. The fourth-order valence-electron chi connectivity index (χ4n) is 3.38. The molecule has 1 aliphatic rings. The van der Waals surface area contributed by atoms with Crippen molar-refractivity contribution in [1.29, 1.82) is 0 Å². The van der Waals surface area contributed by atoms with E-state index in [1.54, 1.807) is 6.07 Å². The van der Waals surface area contributed by atoms with Crippen molar-refractivity contribution in [2.75, 3.05) is 0 Å². The zero-order valence-electron chi connectivity index (χ0n) is 17.2. The average Bonchev–Trinajstić information content (AvgIpc) is 3.36. The van der Waals surface area contributed by atoms with E-state index in [-0.39, 0.29) is 0 Å². The lowest BCUT2D eigenvalue weighted by Crippen LogP contribution is -1.94. The zero-order chi connectivity index (χ0) is 19.9. The quantitative estimate of drug-likeness (QED) is 0.321. The van der Waals surface area contributed by atoms with Gasteiger partial charge in [0.25, 0.3) is 5.97 Å². The summed E-state index contributed by atoms with van der Waals surface area (Å²) < 4.78 is 5.77. The van der Waals surface area contributed by atoms with Gasteiger partial charge < -0.3 is 14.9 Å². The number of carboxylic acids is 1. The number of phenolic OH excluding ortho intramolecular Hbond substituents is 1. The molecule has 2 rings (SSSR count). The molecule has 0 aliphatic carbocycles. The van der Waals surface area contributed by atoms with Gasteiger partial charge in [0, 0.05) is 6.92 Å². The molecule has 0 amide bonds. The first-order valence-corrected chi connectivity index (χ1v) is 10.7. The maximum Gasteiger partial charge on any atom is 0.300 e. The van der Waals surface area contributed by atoms with E-state index in [4.69, 9.17) is 14.6 Å². The summed E-state index contributed by atoms with van der Waals surface area (Å²) in [6.45, 7) is 3.35. The maximum absolute atomic E-state index is 9.43. The normalized spacial score (nSPS) is 17.9. The lowest BCUT2D eigenvalue weighted by atomic mass is 10.0. The molecule has 1 heterocycles. The molecule has 0 spiro atoms. The minimum atomic E-state index is -0.833. The molecule has 4 heteroatoms. The topological polar surface area (TPSA) is 70.1 Å². The molecule has 1 aromatic carbocycles. The van der Waals surface area contributed by atoms with Crippen molar-refractivity contribution < 1.29 is 19.7 Å². The number of carbonyl (C=O) groups is 1. The molecule has 4 nitrogen and oxygen atoms in total. The van der Waals surface area contributed by atoms with E-state index < -0.39 is 5.97 Å². The van der Waals surface area contributed by atoms with Gasteiger partial charge in [-0.2, -0.15) is 0 Å².